The van der Waals surface area contributed by atoms with Crippen LogP contribution in [0.1, 0.15) is 34.8 Å². The van der Waals surface area contributed by atoms with Gasteiger partial charge in [0.15, 0.2) is 0 Å². The summed E-state index contributed by atoms with van der Waals surface area (Å²) in [6, 6.07) is 3.27. The van der Waals surface area contributed by atoms with E-state index in [4.69, 9.17) is 15.6 Å². The van der Waals surface area contributed by atoms with Crippen molar-refractivity contribution < 1.29 is 19.4 Å². The Labute approximate surface area is 106 Å². The van der Waals surface area contributed by atoms with Crippen LogP contribution in [0.5, 0.6) is 5.75 Å². The van der Waals surface area contributed by atoms with Gasteiger partial charge in [0.1, 0.15) is 11.9 Å². The first-order chi connectivity index (χ1) is 8.31. The second-order valence-corrected chi connectivity index (χ2v) is 4.33. The van der Waals surface area contributed by atoms with Gasteiger partial charge in [0.2, 0.25) is 5.91 Å². The molecule has 0 radical (unpaired) electrons. The summed E-state index contributed by atoms with van der Waals surface area (Å²) >= 11 is 0. The summed E-state index contributed by atoms with van der Waals surface area (Å²) in [5.74, 6) is -0.799. The van der Waals surface area contributed by atoms with Crippen molar-refractivity contribution in [1.82, 2.24) is 0 Å². The van der Waals surface area contributed by atoms with E-state index in [0.29, 0.717) is 11.3 Å². The monoisotopic (exact) mass is 251 g/mol. The van der Waals surface area contributed by atoms with Crippen LogP contribution in [0, 0.1) is 13.8 Å². The molecule has 0 fully saturated rings. The van der Waals surface area contributed by atoms with Gasteiger partial charge < -0.3 is 15.6 Å². The number of carbonyl (C=O) groups excluding carboxylic acids is 1. The van der Waals surface area contributed by atoms with E-state index >= 15 is 0 Å². The summed E-state index contributed by atoms with van der Waals surface area (Å²) in [6.07, 6.45) is -0.504. The van der Waals surface area contributed by atoms with Crippen molar-refractivity contribution in [3.05, 3.63) is 28.8 Å². The summed E-state index contributed by atoms with van der Waals surface area (Å²) in [5.41, 5.74) is 7.16. The molecule has 1 aromatic carbocycles. The zero-order valence-electron chi connectivity index (χ0n) is 10.7. The molecule has 1 amide bonds. The zero-order chi connectivity index (χ0) is 13.9. The molecule has 0 spiro atoms. The topological polar surface area (TPSA) is 89.6 Å². The van der Waals surface area contributed by atoms with Gasteiger partial charge in [-0.25, -0.2) is 0 Å². The summed E-state index contributed by atoms with van der Waals surface area (Å²) < 4.78 is 5.59. The van der Waals surface area contributed by atoms with Crippen LogP contribution in [0.15, 0.2) is 12.1 Å². The lowest BCUT2D eigenvalue weighted by Gasteiger charge is -2.17. The maximum Gasteiger partial charge on any atom is 0.307 e. The van der Waals surface area contributed by atoms with Crippen molar-refractivity contribution in [1.29, 1.82) is 0 Å². The standard InChI is InChI=1S/C13H17NO4/c1-7-4-10(13(14)17)5-8(2)12(7)18-9(3)6-11(15)16/h4-5,9H,6H2,1-3H3,(H2,14,17)(H,15,16)/t9-/m0/s1. The third kappa shape index (κ3) is 3.48. The fraction of sp³-hybridized carbons (Fsp3) is 0.385. The summed E-state index contributed by atoms with van der Waals surface area (Å²) in [4.78, 5) is 21.7. The average Bonchev–Trinajstić information content (AvgIpc) is 2.21. The molecule has 98 valence electrons. The zero-order valence-corrected chi connectivity index (χ0v) is 10.7. The minimum Gasteiger partial charge on any atom is -0.490 e. The lowest BCUT2D eigenvalue weighted by Crippen LogP contribution is -2.18. The van der Waals surface area contributed by atoms with Crippen LogP contribution in [-0.4, -0.2) is 23.1 Å². The highest BCUT2D eigenvalue weighted by atomic mass is 16.5. The van der Waals surface area contributed by atoms with E-state index in [1.165, 1.54) is 0 Å². The summed E-state index contributed by atoms with van der Waals surface area (Å²) in [5, 5.41) is 8.68. The number of benzene rings is 1. The Hall–Kier alpha value is -2.04. The molecule has 5 heteroatoms. The van der Waals surface area contributed by atoms with E-state index in [2.05, 4.69) is 0 Å². The Morgan fingerprint density at radius 1 is 1.33 bits per heavy atom. The van der Waals surface area contributed by atoms with Crippen LogP contribution in [0.2, 0.25) is 0 Å². The van der Waals surface area contributed by atoms with Gasteiger partial charge in [-0.05, 0) is 44.0 Å². The van der Waals surface area contributed by atoms with Gasteiger partial charge >= 0.3 is 5.97 Å². The normalized spacial score (nSPS) is 11.9. The van der Waals surface area contributed by atoms with Gasteiger partial charge in [-0.3, -0.25) is 9.59 Å². The maximum atomic E-state index is 11.1. The third-order valence-electron chi connectivity index (χ3n) is 2.53. The Kier molecular flexibility index (Phi) is 4.31. The quantitative estimate of drug-likeness (QED) is 0.832. The molecule has 0 aromatic heterocycles. The van der Waals surface area contributed by atoms with Crippen LogP contribution in [-0.2, 0) is 4.79 Å². The number of aryl methyl sites for hydroxylation is 2. The van der Waals surface area contributed by atoms with Crippen molar-refractivity contribution in [2.45, 2.75) is 33.3 Å². The van der Waals surface area contributed by atoms with Crippen molar-refractivity contribution in [2.75, 3.05) is 0 Å². The molecule has 0 aliphatic heterocycles. The Morgan fingerprint density at radius 2 is 1.83 bits per heavy atom. The highest BCUT2D eigenvalue weighted by molar-refractivity contribution is 5.93. The minimum absolute atomic E-state index is 0.0730. The number of amides is 1. The molecule has 1 rings (SSSR count). The molecule has 0 unspecified atom stereocenters. The molecule has 18 heavy (non-hydrogen) atoms. The SMILES string of the molecule is Cc1cc(C(N)=O)cc(C)c1O[C@@H](C)CC(=O)O. The van der Waals surface area contributed by atoms with Crippen LogP contribution in [0.3, 0.4) is 0 Å². The predicted molar refractivity (Wildman–Crippen MR) is 66.8 cm³/mol. The van der Waals surface area contributed by atoms with Gasteiger partial charge in [0, 0.05) is 5.56 Å². The fourth-order valence-electron chi connectivity index (χ4n) is 1.77. The minimum atomic E-state index is -0.911. The highest BCUT2D eigenvalue weighted by Crippen LogP contribution is 2.26. The van der Waals surface area contributed by atoms with E-state index in [0.717, 1.165) is 11.1 Å². The van der Waals surface area contributed by atoms with Gasteiger partial charge in [-0.2, -0.15) is 0 Å². The first kappa shape index (κ1) is 14.0. The molecule has 0 saturated carbocycles. The number of carboxylic acid groups (broad SMARTS) is 1. The van der Waals surface area contributed by atoms with Crippen LogP contribution >= 0.6 is 0 Å². The number of nitrogens with two attached hydrogens (primary N) is 1. The van der Waals surface area contributed by atoms with Gasteiger partial charge in [0.25, 0.3) is 0 Å². The first-order valence-corrected chi connectivity index (χ1v) is 5.60. The number of carboxylic acids is 1. The van der Waals surface area contributed by atoms with Crippen molar-refractivity contribution in [2.24, 2.45) is 5.73 Å². The molecule has 1 atom stereocenters. The Morgan fingerprint density at radius 3 is 2.22 bits per heavy atom. The second kappa shape index (κ2) is 5.53. The first-order valence-electron chi connectivity index (χ1n) is 5.60. The Balaban J connectivity index is 2.96. The number of aliphatic carboxylic acids is 1. The van der Waals surface area contributed by atoms with Crippen molar-refractivity contribution >= 4 is 11.9 Å². The number of carbonyl (C=O) groups is 2. The summed E-state index contributed by atoms with van der Waals surface area (Å²) in [6.45, 7) is 5.28. The highest BCUT2D eigenvalue weighted by Gasteiger charge is 2.14. The molecular formula is C13H17NO4. The molecule has 1 aromatic rings. The predicted octanol–water partition coefficient (Wildman–Crippen LogP) is 1.64. The number of hydrogen-bond acceptors (Lipinski definition) is 3. The molecule has 0 bridgehead atoms. The van der Waals surface area contributed by atoms with E-state index < -0.39 is 18.0 Å². The average molecular weight is 251 g/mol. The molecule has 0 saturated heterocycles. The number of rotatable bonds is 5. The largest absolute Gasteiger partial charge is 0.490 e. The van der Waals surface area contributed by atoms with Crippen LogP contribution < -0.4 is 10.5 Å². The second-order valence-electron chi connectivity index (χ2n) is 4.33. The number of primary amides is 1. The molecule has 3 N–H and O–H groups in total. The van der Waals surface area contributed by atoms with Crippen molar-refractivity contribution in [3.63, 3.8) is 0 Å². The number of ether oxygens (including phenoxy) is 1. The molecule has 5 nitrogen and oxygen atoms in total. The lowest BCUT2D eigenvalue weighted by atomic mass is 10.1. The smallest absolute Gasteiger partial charge is 0.307 e. The molecular weight excluding hydrogens is 234 g/mol. The van der Waals surface area contributed by atoms with E-state index in [9.17, 15) is 9.59 Å². The fourth-order valence-corrected chi connectivity index (χ4v) is 1.77. The summed E-state index contributed by atoms with van der Waals surface area (Å²) in [7, 11) is 0. The maximum absolute atomic E-state index is 11.1. The molecule has 0 heterocycles. The molecule has 0 aliphatic rings. The lowest BCUT2D eigenvalue weighted by molar-refractivity contribution is -0.138. The van der Waals surface area contributed by atoms with Crippen molar-refractivity contribution in [3.8, 4) is 5.75 Å². The Bertz CT molecular complexity index is 459. The molecule has 0 aliphatic carbocycles. The van der Waals surface area contributed by atoms with Crippen LogP contribution in [0.4, 0.5) is 0 Å². The van der Waals surface area contributed by atoms with Crippen LogP contribution in [0.25, 0.3) is 0 Å². The van der Waals surface area contributed by atoms with Gasteiger partial charge in [0.05, 0.1) is 6.42 Å². The van der Waals surface area contributed by atoms with E-state index in [1.807, 2.05) is 0 Å². The van der Waals surface area contributed by atoms with E-state index in [-0.39, 0.29) is 6.42 Å². The van der Waals surface area contributed by atoms with E-state index in [1.54, 1.807) is 32.9 Å². The third-order valence-corrected chi connectivity index (χ3v) is 2.53. The van der Waals surface area contributed by atoms with Gasteiger partial charge in [-0.1, -0.05) is 0 Å². The number of hydrogen-bond donors (Lipinski definition) is 2. The van der Waals surface area contributed by atoms with Gasteiger partial charge in [-0.15, -0.1) is 0 Å².